The Morgan fingerprint density at radius 2 is 1.83 bits per heavy atom. The number of ether oxygens (including phenoxy) is 3. The zero-order valence-electron chi connectivity index (χ0n) is 17.4. The lowest BCUT2D eigenvalue weighted by molar-refractivity contribution is -0.153. The van der Waals surface area contributed by atoms with Crippen LogP contribution < -0.4 is 5.32 Å². The second-order valence-electron chi connectivity index (χ2n) is 7.05. The van der Waals surface area contributed by atoms with Crippen molar-refractivity contribution < 1.29 is 28.6 Å². The number of rotatable bonds is 10. The van der Waals surface area contributed by atoms with E-state index in [1.807, 2.05) is 37.3 Å². The maximum absolute atomic E-state index is 12.8. The number of nitrogens with one attached hydrogen (secondary N) is 1. The van der Waals surface area contributed by atoms with E-state index in [9.17, 15) is 14.4 Å². The van der Waals surface area contributed by atoms with Crippen LogP contribution >= 0.6 is 0 Å². The number of hydrogen-bond acceptors (Lipinski definition) is 6. The van der Waals surface area contributed by atoms with Crippen molar-refractivity contribution in [2.24, 2.45) is 0 Å². The second-order valence-corrected chi connectivity index (χ2v) is 7.05. The molecule has 1 aromatic rings. The number of carbonyl (C=O) groups is 3. The molecule has 2 rings (SSSR count). The molecule has 1 aromatic carbocycles. The average molecular weight is 413 g/mol. The quantitative estimate of drug-likeness (QED) is 0.274. The summed E-state index contributed by atoms with van der Waals surface area (Å²) < 4.78 is 15.6. The van der Waals surface area contributed by atoms with Gasteiger partial charge in [-0.2, -0.15) is 0 Å². The second kappa shape index (κ2) is 11.1. The van der Waals surface area contributed by atoms with Crippen LogP contribution in [0.2, 0.25) is 0 Å². The first kappa shape index (κ1) is 23.1. The number of esters is 2. The first-order chi connectivity index (χ1) is 14.3. The molecule has 0 aliphatic carbocycles. The first-order valence-electron chi connectivity index (χ1n) is 9.59. The zero-order valence-corrected chi connectivity index (χ0v) is 17.4. The molecule has 160 valence electrons. The van der Waals surface area contributed by atoms with Gasteiger partial charge in [0, 0.05) is 19.4 Å². The Balaban J connectivity index is 2.04. The Bertz CT molecular complexity index is 823. The average Bonchev–Trinajstić information content (AvgIpc) is 3.47. The summed E-state index contributed by atoms with van der Waals surface area (Å²) in [6, 6.07) is 8.60. The minimum Gasteiger partial charge on any atom is -0.466 e. The summed E-state index contributed by atoms with van der Waals surface area (Å²) in [5, 5.41) is 2.66. The van der Waals surface area contributed by atoms with Crippen LogP contribution in [0.1, 0.15) is 19.4 Å². The molecule has 1 heterocycles. The predicted octanol–water partition coefficient (Wildman–Crippen LogP) is 2.28. The molecular formula is C23H27NO6. The molecule has 0 spiro atoms. The van der Waals surface area contributed by atoms with Crippen molar-refractivity contribution in [3.05, 3.63) is 72.4 Å². The molecule has 0 aromatic heterocycles. The molecule has 7 nitrogen and oxygen atoms in total. The summed E-state index contributed by atoms with van der Waals surface area (Å²) >= 11 is 0. The van der Waals surface area contributed by atoms with Crippen molar-refractivity contribution in [3.63, 3.8) is 0 Å². The van der Waals surface area contributed by atoms with Crippen molar-refractivity contribution in [1.82, 2.24) is 5.32 Å². The molecule has 7 heteroatoms. The molecule has 0 saturated carbocycles. The van der Waals surface area contributed by atoms with Gasteiger partial charge in [-0.05, 0) is 18.6 Å². The molecule has 0 unspecified atom stereocenters. The van der Waals surface area contributed by atoms with Gasteiger partial charge in [0.2, 0.25) is 5.91 Å². The van der Waals surface area contributed by atoms with E-state index in [2.05, 4.69) is 10.1 Å². The van der Waals surface area contributed by atoms with E-state index in [0.29, 0.717) is 13.0 Å². The maximum atomic E-state index is 12.8. The van der Waals surface area contributed by atoms with Crippen LogP contribution in [0.4, 0.5) is 0 Å². The van der Waals surface area contributed by atoms with E-state index in [4.69, 9.17) is 9.47 Å². The van der Waals surface area contributed by atoms with Crippen molar-refractivity contribution in [2.75, 3.05) is 13.7 Å². The normalized spacial score (nSPS) is 20.2. The van der Waals surface area contributed by atoms with Crippen LogP contribution in [0, 0.1) is 0 Å². The van der Waals surface area contributed by atoms with Gasteiger partial charge in [-0.25, -0.2) is 9.59 Å². The number of amides is 1. The van der Waals surface area contributed by atoms with Crippen LogP contribution in [-0.4, -0.2) is 49.3 Å². The third-order valence-electron chi connectivity index (χ3n) is 4.44. The Morgan fingerprint density at radius 1 is 1.17 bits per heavy atom. The molecule has 1 amide bonds. The highest BCUT2D eigenvalue weighted by Crippen LogP contribution is 2.33. The SMILES string of the molecule is COC(=O)/C=C/C=C/C=C/[C@@H](OC(=O)[C@@H](Cc1ccccc1)NC(C)=O)[C@@]1(C)CO1. The van der Waals surface area contributed by atoms with Gasteiger partial charge in [0.05, 0.1) is 13.7 Å². The van der Waals surface area contributed by atoms with Gasteiger partial charge in [0.15, 0.2) is 6.10 Å². The number of hydrogen-bond donors (Lipinski definition) is 1. The Kier molecular flexibility index (Phi) is 8.55. The molecule has 1 N–H and O–H groups in total. The highest BCUT2D eigenvalue weighted by atomic mass is 16.6. The molecule has 3 atom stereocenters. The first-order valence-corrected chi connectivity index (χ1v) is 9.59. The van der Waals surface area contributed by atoms with E-state index >= 15 is 0 Å². The van der Waals surface area contributed by atoms with Gasteiger partial charge in [-0.3, -0.25) is 4.79 Å². The van der Waals surface area contributed by atoms with Gasteiger partial charge < -0.3 is 19.5 Å². The standard InChI is InChI=1S/C23H27NO6/c1-17(25)24-19(15-18-11-7-6-8-12-18)22(27)30-20(23(2)16-29-23)13-9-4-5-10-14-21(26)28-3/h4-14,19-20H,15-16H2,1-3H3,(H,24,25)/b5-4+,13-9+,14-10+/t19-,20-,23-/m1/s1. The van der Waals surface area contributed by atoms with E-state index in [0.717, 1.165) is 5.56 Å². The molecule has 1 fully saturated rings. The summed E-state index contributed by atoms with van der Waals surface area (Å²) in [4.78, 5) is 35.4. The van der Waals surface area contributed by atoms with Crippen molar-refractivity contribution in [1.29, 1.82) is 0 Å². The van der Waals surface area contributed by atoms with Crippen LogP contribution in [0.3, 0.4) is 0 Å². The van der Waals surface area contributed by atoms with Gasteiger partial charge in [0.25, 0.3) is 0 Å². The highest BCUT2D eigenvalue weighted by Gasteiger charge is 2.48. The van der Waals surface area contributed by atoms with Crippen LogP contribution in [0.15, 0.2) is 66.8 Å². The number of methoxy groups -OCH3 is 1. The Morgan fingerprint density at radius 3 is 2.43 bits per heavy atom. The predicted molar refractivity (Wildman–Crippen MR) is 111 cm³/mol. The molecule has 30 heavy (non-hydrogen) atoms. The fraction of sp³-hybridized carbons (Fsp3) is 0.348. The van der Waals surface area contributed by atoms with Crippen molar-refractivity contribution in [3.8, 4) is 0 Å². The van der Waals surface area contributed by atoms with Gasteiger partial charge >= 0.3 is 11.9 Å². The monoisotopic (exact) mass is 413 g/mol. The van der Waals surface area contributed by atoms with E-state index in [1.165, 1.54) is 20.1 Å². The van der Waals surface area contributed by atoms with E-state index in [1.54, 1.807) is 30.4 Å². The van der Waals surface area contributed by atoms with Crippen LogP contribution in [-0.2, 0) is 35.0 Å². The molecule has 1 aliphatic heterocycles. The highest BCUT2D eigenvalue weighted by molar-refractivity contribution is 5.83. The van der Waals surface area contributed by atoms with Crippen LogP contribution in [0.25, 0.3) is 0 Å². The van der Waals surface area contributed by atoms with E-state index in [-0.39, 0.29) is 5.91 Å². The summed E-state index contributed by atoms with van der Waals surface area (Å²) in [5.74, 6) is -1.29. The lowest BCUT2D eigenvalue weighted by Crippen LogP contribution is -2.45. The largest absolute Gasteiger partial charge is 0.466 e. The van der Waals surface area contributed by atoms with Gasteiger partial charge in [-0.15, -0.1) is 0 Å². The molecule has 0 bridgehead atoms. The summed E-state index contributed by atoms with van der Waals surface area (Å²) in [6.07, 6.45) is 9.29. The minimum absolute atomic E-state index is 0.311. The summed E-state index contributed by atoms with van der Waals surface area (Å²) in [5.41, 5.74) is 0.310. The minimum atomic E-state index is -0.804. The van der Waals surface area contributed by atoms with Gasteiger partial charge in [-0.1, -0.05) is 54.6 Å². The Labute approximate surface area is 176 Å². The topological polar surface area (TPSA) is 94.2 Å². The molecule has 1 aliphatic rings. The molecule has 0 radical (unpaired) electrons. The zero-order chi connectivity index (χ0) is 22.0. The fourth-order valence-corrected chi connectivity index (χ4v) is 2.64. The summed E-state index contributed by atoms with van der Waals surface area (Å²) in [6.45, 7) is 3.67. The lowest BCUT2D eigenvalue weighted by atomic mass is 10.0. The maximum Gasteiger partial charge on any atom is 0.330 e. The molecular weight excluding hydrogens is 386 g/mol. The third kappa shape index (κ3) is 7.67. The summed E-state index contributed by atoms with van der Waals surface area (Å²) in [7, 11) is 1.30. The van der Waals surface area contributed by atoms with Gasteiger partial charge in [0.1, 0.15) is 11.6 Å². The van der Waals surface area contributed by atoms with Crippen molar-refractivity contribution in [2.45, 2.75) is 38.0 Å². The third-order valence-corrected chi connectivity index (χ3v) is 4.44. The number of carbonyl (C=O) groups excluding carboxylic acids is 3. The smallest absolute Gasteiger partial charge is 0.330 e. The number of epoxide rings is 1. The number of benzene rings is 1. The van der Waals surface area contributed by atoms with E-state index < -0.39 is 29.7 Å². The Hall–Kier alpha value is -3.19. The van der Waals surface area contributed by atoms with Crippen molar-refractivity contribution >= 4 is 17.8 Å². The van der Waals surface area contributed by atoms with Crippen LogP contribution in [0.5, 0.6) is 0 Å². The number of allylic oxidation sites excluding steroid dienone is 4. The molecule has 1 saturated heterocycles. The fourth-order valence-electron chi connectivity index (χ4n) is 2.64. The lowest BCUT2D eigenvalue weighted by Gasteiger charge is -2.22.